The van der Waals surface area contributed by atoms with E-state index in [-0.39, 0.29) is 5.91 Å². The Morgan fingerprint density at radius 2 is 2.11 bits per heavy atom. The van der Waals surface area contributed by atoms with Crippen LogP contribution in [-0.4, -0.2) is 48.1 Å². The molecule has 1 atom stereocenters. The molecule has 2 heterocycles. The first-order valence-electron chi connectivity index (χ1n) is 9.62. The van der Waals surface area contributed by atoms with E-state index in [9.17, 15) is 4.79 Å². The van der Waals surface area contributed by atoms with Crippen molar-refractivity contribution in [1.82, 2.24) is 9.80 Å². The molecule has 0 spiro atoms. The van der Waals surface area contributed by atoms with E-state index >= 15 is 0 Å². The van der Waals surface area contributed by atoms with Gasteiger partial charge in [0.15, 0.2) is 0 Å². The van der Waals surface area contributed by atoms with E-state index in [1.807, 2.05) is 47.5 Å². The van der Waals surface area contributed by atoms with Crippen molar-refractivity contribution in [3.8, 4) is 6.07 Å². The van der Waals surface area contributed by atoms with Crippen LogP contribution in [0.15, 0.2) is 36.4 Å². The van der Waals surface area contributed by atoms with E-state index in [0.717, 1.165) is 37.5 Å². The normalized spacial score (nSPS) is 16.8. The molecule has 0 aliphatic carbocycles. The Labute approximate surface area is 176 Å². The topological polar surface area (TPSA) is 47.3 Å². The summed E-state index contributed by atoms with van der Waals surface area (Å²) in [6, 6.07) is 14.1. The van der Waals surface area contributed by atoms with Crippen molar-refractivity contribution in [2.24, 2.45) is 5.92 Å². The molecule has 0 bridgehead atoms. The molecule has 0 radical (unpaired) electrons. The largest absolute Gasteiger partial charge is 0.345 e. The molecule has 1 amide bonds. The van der Waals surface area contributed by atoms with Crippen LogP contribution in [0.4, 0.5) is 0 Å². The minimum absolute atomic E-state index is 0.200. The van der Waals surface area contributed by atoms with Gasteiger partial charge in [0, 0.05) is 42.2 Å². The lowest BCUT2D eigenvalue weighted by Gasteiger charge is -2.21. The molecule has 1 fully saturated rings. The smallest absolute Gasteiger partial charge is 0.232 e. The van der Waals surface area contributed by atoms with E-state index in [4.69, 9.17) is 5.26 Å². The zero-order valence-corrected chi connectivity index (χ0v) is 18.2. The Kier molecular flexibility index (Phi) is 7.55. The number of hydrogen-bond donors (Lipinski definition) is 0. The number of thioether (sulfide) groups is 1. The Morgan fingerprint density at radius 3 is 2.79 bits per heavy atom. The van der Waals surface area contributed by atoms with Crippen LogP contribution in [0.1, 0.15) is 27.3 Å². The lowest BCUT2D eigenvalue weighted by Crippen LogP contribution is -2.34. The third-order valence-electron chi connectivity index (χ3n) is 5.08. The monoisotopic (exact) mass is 413 g/mol. The van der Waals surface area contributed by atoms with Crippen molar-refractivity contribution < 1.29 is 4.79 Å². The van der Waals surface area contributed by atoms with E-state index in [1.54, 1.807) is 11.8 Å². The van der Waals surface area contributed by atoms with E-state index in [0.29, 0.717) is 17.2 Å². The summed E-state index contributed by atoms with van der Waals surface area (Å²) < 4.78 is 0. The van der Waals surface area contributed by atoms with Gasteiger partial charge in [-0.15, -0.1) is 23.1 Å². The summed E-state index contributed by atoms with van der Waals surface area (Å²) in [7, 11) is 1.93. The highest BCUT2D eigenvalue weighted by molar-refractivity contribution is 7.99. The average molecular weight is 414 g/mol. The summed E-state index contributed by atoms with van der Waals surface area (Å²) in [6.07, 6.45) is 1.17. The second-order valence-electron chi connectivity index (χ2n) is 7.48. The molecule has 2 aromatic rings. The molecule has 0 saturated carbocycles. The zero-order chi connectivity index (χ0) is 19.9. The molecule has 1 aliphatic rings. The molecule has 1 saturated heterocycles. The first-order chi connectivity index (χ1) is 13.5. The highest BCUT2D eigenvalue weighted by Crippen LogP contribution is 2.23. The van der Waals surface area contributed by atoms with Gasteiger partial charge >= 0.3 is 0 Å². The quantitative estimate of drug-likeness (QED) is 0.652. The number of carbonyl (C=O) groups is 1. The number of hydrogen-bond acceptors (Lipinski definition) is 5. The number of carbonyl (C=O) groups excluding carboxylic acids is 1. The summed E-state index contributed by atoms with van der Waals surface area (Å²) >= 11 is 3.51. The predicted octanol–water partition coefficient (Wildman–Crippen LogP) is 4.14. The summed E-state index contributed by atoms with van der Waals surface area (Å²) in [4.78, 5) is 19.7. The van der Waals surface area contributed by atoms with Crippen LogP contribution in [0.5, 0.6) is 0 Å². The number of nitriles is 1. The van der Waals surface area contributed by atoms with Crippen LogP contribution in [0.2, 0.25) is 0 Å². The number of nitrogens with zero attached hydrogens (tertiary/aromatic N) is 3. The van der Waals surface area contributed by atoms with Gasteiger partial charge in [-0.25, -0.2) is 0 Å². The fraction of sp³-hybridized carbons (Fsp3) is 0.455. The van der Waals surface area contributed by atoms with Gasteiger partial charge in [0.05, 0.1) is 17.4 Å². The van der Waals surface area contributed by atoms with Crippen LogP contribution in [0.3, 0.4) is 0 Å². The third kappa shape index (κ3) is 6.10. The molecule has 3 rings (SSSR count). The van der Waals surface area contributed by atoms with Gasteiger partial charge in [0.2, 0.25) is 5.91 Å². The molecule has 1 aliphatic heterocycles. The molecule has 1 unspecified atom stereocenters. The minimum atomic E-state index is 0.200. The second-order valence-corrected chi connectivity index (χ2v) is 9.84. The van der Waals surface area contributed by atoms with Gasteiger partial charge < -0.3 is 4.90 Å². The van der Waals surface area contributed by atoms with Gasteiger partial charge in [-0.1, -0.05) is 12.1 Å². The minimum Gasteiger partial charge on any atom is -0.345 e. The highest BCUT2D eigenvalue weighted by atomic mass is 32.2. The fourth-order valence-corrected chi connectivity index (χ4v) is 5.39. The number of thiophene rings is 1. The zero-order valence-electron chi connectivity index (χ0n) is 16.6. The molecule has 4 nitrogen and oxygen atoms in total. The molecule has 6 heteroatoms. The Balaban J connectivity index is 1.36. The highest BCUT2D eigenvalue weighted by Gasteiger charge is 2.25. The molecule has 0 N–H and O–H groups in total. The molecule has 1 aromatic heterocycles. The van der Waals surface area contributed by atoms with Gasteiger partial charge in [-0.3, -0.25) is 9.69 Å². The summed E-state index contributed by atoms with van der Waals surface area (Å²) in [5.41, 5.74) is 1.82. The maximum Gasteiger partial charge on any atom is 0.232 e. The Bertz CT molecular complexity index is 825. The fourth-order valence-electron chi connectivity index (χ4n) is 3.53. The third-order valence-corrected chi connectivity index (χ3v) is 7.05. The summed E-state index contributed by atoms with van der Waals surface area (Å²) in [6.45, 7) is 6.23. The maximum atomic E-state index is 12.4. The standard InChI is InChI=1S/C22H27N3OS2/c1-17-3-8-21(28-17)14-25-10-9-20(13-25)12-24(2)22(26)16-27-15-19-6-4-18(11-23)5-7-19/h3-8,20H,9-10,12-16H2,1-2H3. The summed E-state index contributed by atoms with van der Waals surface area (Å²) in [5, 5.41) is 8.84. The molecular formula is C22H27N3OS2. The van der Waals surface area contributed by atoms with Crippen molar-refractivity contribution in [2.75, 3.05) is 32.4 Å². The van der Waals surface area contributed by atoms with Crippen molar-refractivity contribution in [2.45, 2.75) is 25.6 Å². The number of benzene rings is 1. The van der Waals surface area contributed by atoms with Gasteiger partial charge in [-0.05, 0) is 55.6 Å². The maximum absolute atomic E-state index is 12.4. The molecular weight excluding hydrogens is 386 g/mol. The van der Waals surface area contributed by atoms with Gasteiger partial charge in [0.25, 0.3) is 0 Å². The predicted molar refractivity (Wildman–Crippen MR) is 117 cm³/mol. The van der Waals surface area contributed by atoms with Crippen molar-refractivity contribution in [3.63, 3.8) is 0 Å². The van der Waals surface area contributed by atoms with E-state index < -0.39 is 0 Å². The lowest BCUT2D eigenvalue weighted by atomic mass is 10.1. The number of aryl methyl sites for hydroxylation is 1. The lowest BCUT2D eigenvalue weighted by molar-refractivity contribution is -0.127. The number of rotatable bonds is 8. The van der Waals surface area contributed by atoms with Crippen molar-refractivity contribution >= 4 is 29.0 Å². The van der Waals surface area contributed by atoms with Crippen LogP contribution < -0.4 is 0 Å². The molecule has 28 heavy (non-hydrogen) atoms. The van der Waals surface area contributed by atoms with Crippen LogP contribution in [0, 0.1) is 24.2 Å². The SMILES string of the molecule is Cc1ccc(CN2CCC(CN(C)C(=O)CSCc3ccc(C#N)cc3)C2)s1. The number of likely N-dealkylation sites (tertiary alicyclic amines) is 1. The van der Waals surface area contributed by atoms with Gasteiger partial charge in [-0.2, -0.15) is 5.26 Å². The summed E-state index contributed by atoms with van der Waals surface area (Å²) in [5.74, 6) is 2.06. The molecule has 148 valence electrons. The Morgan fingerprint density at radius 1 is 1.32 bits per heavy atom. The van der Waals surface area contributed by atoms with E-state index in [1.165, 1.54) is 16.2 Å². The average Bonchev–Trinajstić information content (AvgIpc) is 3.31. The van der Waals surface area contributed by atoms with Crippen LogP contribution in [0.25, 0.3) is 0 Å². The first-order valence-corrected chi connectivity index (χ1v) is 11.6. The van der Waals surface area contributed by atoms with Crippen LogP contribution >= 0.6 is 23.1 Å². The first kappa shape index (κ1) is 20.9. The Hall–Kier alpha value is -1.81. The number of amides is 1. The second kappa shape index (κ2) is 10.1. The van der Waals surface area contributed by atoms with Crippen molar-refractivity contribution in [3.05, 3.63) is 57.3 Å². The van der Waals surface area contributed by atoms with Gasteiger partial charge in [0.1, 0.15) is 0 Å². The van der Waals surface area contributed by atoms with Crippen molar-refractivity contribution in [1.29, 1.82) is 5.26 Å². The van der Waals surface area contributed by atoms with E-state index in [2.05, 4.69) is 30.0 Å². The van der Waals surface area contributed by atoms with Crippen LogP contribution in [-0.2, 0) is 17.1 Å². The molecule has 1 aromatic carbocycles.